The summed E-state index contributed by atoms with van der Waals surface area (Å²) in [5, 5.41) is 0. The van der Waals surface area contributed by atoms with Crippen LogP contribution in [0.4, 0.5) is 0 Å². The number of rotatable bonds is 1. The van der Waals surface area contributed by atoms with Crippen LogP contribution in [0.2, 0.25) is 0 Å². The molecule has 0 unspecified atom stereocenters. The van der Waals surface area contributed by atoms with Crippen LogP contribution < -0.4 is 0 Å². The van der Waals surface area contributed by atoms with Gasteiger partial charge in [0.2, 0.25) is 0 Å². The molecule has 0 saturated carbocycles. The van der Waals surface area contributed by atoms with Gasteiger partial charge in [0.15, 0.2) is 5.78 Å². The normalized spacial score (nSPS) is 14.6. The van der Waals surface area contributed by atoms with Gasteiger partial charge in [0.1, 0.15) is 0 Å². The van der Waals surface area contributed by atoms with Gasteiger partial charge in [-0.3, -0.25) is 4.79 Å². The third-order valence-corrected chi connectivity index (χ3v) is 1.74. The van der Waals surface area contributed by atoms with Crippen LogP contribution in [0.1, 0.15) is 20.3 Å². The summed E-state index contributed by atoms with van der Waals surface area (Å²) in [7, 11) is 0. The van der Waals surface area contributed by atoms with E-state index in [1.807, 2.05) is 31.2 Å². The summed E-state index contributed by atoms with van der Waals surface area (Å²) in [5.41, 5.74) is 1.92. The second-order valence-electron chi connectivity index (χ2n) is 2.69. The van der Waals surface area contributed by atoms with Crippen molar-refractivity contribution >= 4 is 5.78 Å². The summed E-state index contributed by atoms with van der Waals surface area (Å²) in [6, 6.07) is 0. The van der Waals surface area contributed by atoms with Crippen molar-refractivity contribution in [2.75, 3.05) is 0 Å². The average Bonchev–Trinajstić information content (AvgIpc) is 2.33. The van der Waals surface area contributed by atoms with E-state index in [1.54, 1.807) is 6.92 Å². The second-order valence-corrected chi connectivity index (χ2v) is 2.69. The summed E-state index contributed by atoms with van der Waals surface area (Å²) in [4.78, 5) is 11.0. The predicted molar refractivity (Wildman–Crippen MR) is 57.5 cm³/mol. The maximum absolute atomic E-state index is 11.0. The summed E-state index contributed by atoms with van der Waals surface area (Å²) >= 11 is 0. The molecule has 0 heterocycles. The van der Waals surface area contributed by atoms with Gasteiger partial charge in [-0.1, -0.05) is 24.3 Å². The van der Waals surface area contributed by atoms with Gasteiger partial charge >= 0.3 is 0 Å². The Morgan fingerprint density at radius 1 is 1.46 bits per heavy atom. The molecule has 0 N–H and O–H groups in total. The van der Waals surface area contributed by atoms with Crippen LogP contribution in [0, 0.1) is 0 Å². The topological polar surface area (TPSA) is 17.1 Å². The van der Waals surface area contributed by atoms with E-state index in [2.05, 4.69) is 13.2 Å². The van der Waals surface area contributed by atoms with E-state index >= 15 is 0 Å². The standard InChI is InChI=1S/C10H12O.C2H4/c1-8-6-4-3-5-7-10(8)9(2)11;1-2/h3-4,6-7H,5H2,1-2H3;1-2H2. The minimum atomic E-state index is 0.155. The smallest absolute Gasteiger partial charge is 0.159 e. The van der Waals surface area contributed by atoms with E-state index in [-0.39, 0.29) is 5.78 Å². The van der Waals surface area contributed by atoms with Crippen molar-refractivity contribution in [1.29, 1.82) is 0 Å². The van der Waals surface area contributed by atoms with Gasteiger partial charge in [-0.25, -0.2) is 0 Å². The van der Waals surface area contributed by atoms with Crippen LogP contribution in [0.5, 0.6) is 0 Å². The van der Waals surface area contributed by atoms with Crippen LogP contribution >= 0.6 is 0 Å². The van der Waals surface area contributed by atoms with Crippen molar-refractivity contribution in [3.63, 3.8) is 0 Å². The quantitative estimate of drug-likeness (QED) is 0.561. The highest BCUT2D eigenvalue weighted by Crippen LogP contribution is 2.14. The summed E-state index contributed by atoms with van der Waals surface area (Å²) in [6.07, 6.45) is 8.84. The van der Waals surface area contributed by atoms with Crippen molar-refractivity contribution in [2.24, 2.45) is 0 Å². The fourth-order valence-corrected chi connectivity index (χ4v) is 1.15. The summed E-state index contributed by atoms with van der Waals surface area (Å²) in [6.45, 7) is 9.57. The van der Waals surface area contributed by atoms with Gasteiger partial charge in [0, 0.05) is 5.57 Å². The molecule has 1 aliphatic carbocycles. The van der Waals surface area contributed by atoms with Crippen LogP contribution in [0.15, 0.2) is 48.6 Å². The Labute approximate surface area is 80.2 Å². The van der Waals surface area contributed by atoms with Crippen LogP contribution in [-0.4, -0.2) is 5.78 Å². The van der Waals surface area contributed by atoms with Crippen molar-refractivity contribution in [1.82, 2.24) is 0 Å². The molecule has 0 aromatic rings. The van der Waals surface area contributed by atoms with E-state index in [1.165, 1.54) is 0 Å². The van der Waals surface area contributed by atoms with Gasteiger partial charge in [0.05, 0.1) is 0 Å². The van der Waals surface area contributed by atoms with Crippen LogP contribution in [0.25, 0.3) is 0 Å². The summed E-state index contributed by atoms with van der Waals surface area (Å²) < 4.78 is 0. The van der Waals surface area contributed by atoms with Crippen molar-refractivity contribution in [2.45, 2.75) is 20.3 Å². The lowest BCUT2D eigenvalue weighted by atomic mass is 10.0. The molecule has 0 atom stereocenters. The molecule has 0 radical (unpaired) electrons. The van der Waals surface area contributed by atoms with Gasteiger partial charge < -0.3 is 0 Å². The highest BCUT2D eigenvalue weighted by Gasteiger charge is 2.05. The maximum Gasteiger partial charge on any atom is 0.159 e. The molecule has 70 valence electrons. The largest absolute Gasteiger partial charge is 0.295 e. The number of carbonyl (C=O) groups is 1. The lowest BCUT2D eigenvalue weighted by molar-refractivity contribution is -0.113. The Hall–Kier alpha value is -1.37. The van der Waals surface area contributed by atoms with E-state index in [0.717, 1.165) is 17.6 Å². The molecular weight excluding hydrogens is 160 g/mol. The van der Waals surface area contributed by atoms with Gasteiger partial charge in [-0.2, -0.15) is 0 Å². The van der Waals surface area contributed by atoms with Gasteiger partial charge in [-0.15, -0.1) is 13.2 Å². The molecular formula is C12H16O. The molecule has 1 rings (SSSR count). The van der Waals surface area contributed by atoms with Crippen LogP contribution in [-0.2, 0) is 4.79 Å². The Kier molecular flexibility index (Phi) is 5.53. The van der Waals surface area contributed by atoms with E-state index in [9.17, 15) is 4.79 Å². The molecule has 1 nitrogen and oxygen atoms in total. The predicted octanol–water partition coefficient (Wildman–Crippen LogP) is 3.21. The minimum absolute atomic E-state index is 0.155. The SMILES string of the molecule is C=C.CC(=O)C1=CCC=CC=C1C. The Morgan fingerprint density at radius 3 is 2.62 bits per heavy atom. The Morgan fingerprint density at radius 2 is 2.08 bits per heavy atom. The first-order valence-corrected chi connectivity index (χ1v) is 4.26. The fourth-order valence-electron chi connectivity index (χ4n) is 1.15. The molecule has 0 fully saturated rings. The number of hydrogen-bond acceptors (Lipinski definition) is 1. The molecule has 0 aromatic heterocycles. The highest BCUT2D eigenvalue weighted by atomic mass is 16.1. The Bertz CT molecular complexity index is 267. The van der Waals surface area contributed by atoms with Crippen molar-refractivity contribution in [3.8, 4) is 0 Å². The number of ketones is 1. The number of allylic oxidation sites excluding steroid dienone is 6. The molecule has 0 aliphatic heterocycles. The lowest BCUT2D eigenvalue weighted by Crippen LogP contribution is -1.96. The molecule has 0 bridgehead atoms. The Balaban J connectivity index is 0.000000671. The monoisotopic (exact) mass is 176 g/mol. The molecule has 0 amide bonds. The second kappa shape index (κ2) is 6.18. The number of carbonyl (C=O) groups excluding carboxylic acids is 1. The number of hydrogen-bond donors (Lipinski definition) is 0. The molecule has 1 heteroatoms. The van der Waals surface area contributed by atoms with E-state index < -0.39 is 0 Å². The van der Waals surface area contributed by atoms with E-state index in [4.69, 9.17) is 0 Å². The first-order valence-electron chi connectivity index (χ1n) is 4.26. The van der Waals surface area contributed by atoms with Crippen LogP contribution in [0.3, 0.4) is 0 Å². The molecule has 0 aromatic carbocycles. The van der Waals surface area contributed by atoms with Gasteiger partial charge in [0.25, 0.3) is 0 Å². The average molecular weight is 176 g/mol. The van der Waals surface area contributed by atoms with Crippen molar-refractivity contribution < 1.29 is 4.79 Å². The maximum atomic E-state index is 11.0. The zero-order valence-electron chi connectivity index (χ0n) is 8.34. The molecule has 13 heavy (non-hydrogen) atoms. The number of Topliss-reactive ketones (excluding diaryl/α,β-unsaturated/α-hetero) is 1. The fraction of sp³-hybridized carbons (Fsp3) is 0.250. The molecule has 0 spiro atoms. The van der Waals surface area contributed by atoms with Gasteiger partial charge in [-0.05, 0) is 25.8 Å². The first kappa shape index (κ1) is 11.6. The minimum Gasteiger partial charge on any atom is -0.295 e. The third kappa shape index (κ3) is 3.70. The van der Waals surface area contributed by atoms with E-state index in [0.29, 0.717) is 0 Å². The zero-order chi connectivity index (χ0) is 10.3. The highest BCUT2D eigenvalue weighted by molar-refractivity contribution is 5.97. The first-order chi connectivity index (χ1) is 6.22. The summed E-state index contributed by atoms with van der Waals surface area (Å²) in [5.74, 6) is 0.155. The molecule has 1 aliphatic rings. The van der Waals surface area contributed by atoms with Crippen molar-refractivity contribution in [3.05, 3.63) is 48.6 Å². The zero-order valence-corrected chi connectivity index (χ0v) is 8.34. The lowest BCUT2D eigenvalue weighted by Gasteiger charge is -1.99. The third-order valence-electron chi connectivity index (χ3n) is 1.74. The molecule has 0 saturated heterocycles.